The molecule has 1 aromatic heterocycles. The minimum atomic E-state index is -4.46. The molecule has 0 unspecified atom stereocenters. The van der Waals surface area contributed by atoms with Crippen molar-refractivity contribution in [2.45, 2.75) is 12.2 Å². The second kappa shape index (κ2) is 6.57. The molecule has 1 heterocycles. The third-order valence-electron chi connectivity index (χ3n) is 3.08. The summed E-state index contributed by atoms with van der Waals surface area (Å²) >= 11 is 0. The van der Waals surface area contributed by atoms with E-state index < -0.39 is 27.6 Å². The molecule has 124 valence electrons. The summed E-state index contributed by atoms with van der Waals surface area (Å²) in [4.78, 5) is 3.71. The Labute approximate surface area is 132 Å². The Kier molecular flexibility index (Phi) is 4.93. The summed E-state index contributed by atoms with van der Waals surface area (Å²) in [5, 5.41) is 2.87. The van der Waals surface area contributed by atoms with Crippen LogP contribution in [0.4, 0.5) is 19.0 Å². The zero-order valence-corrected chi connectivity index (χ0v) is 13.0. The Morgan fingerprint density at radius 3 is 2.26 bits per heavy atom. The number of anilines is 1. The van der Waals surface area contributed by atoms with Crippen molar-refractivity contribution in [2.75, 3.05) is 17.3 Å². The Morgan fingerprint density at radius 1 is 1.13 bits per heavy atom. The van der Waals surface area contributed by atoms with Crippen LogP contribution < -0.4 is 5.32 Å². The minimum Gasteiger partial charge on any atom is -0.362 e. The molecule has 0 aliphatic carbocycles. The largest absolute Gasteiger partial charge is 0.417 e. The van der Waals surface area contributed by atoms with Gasteiger partial charge in [0.1, 0.15) is 15.7 Å². The highest BCUT2D eigenvalue weighted by Crippen LogP contribution is 2.29. The van der Waals surface area contributed by atoms with Crippen LogP contribution in [-0.4, -0.2) is 25.4 Å². The second-order valence-electron chi connectivity index (χ2n) is 5.13. The number of nitrogens with zero attached hydrogens (tertiary/aromatic N) is 1. The van der Waals surface area contributed by atoms with Crippen LogP contribution in [0, 0.1) is 0 Å². The third kappa shape index (κ3) is 5.24. The van der Waals surface area contributed by atoms with Crippen molar-refractivity contribution < 1.29 is 21.6 Å². The lowest BCUT2D eigenvalue weighted by Crippen LogP contribution is -2.21. The van der Waals surface area contributed by atoms with Crippen molar-refractivity contribution >= 4 is 15.7 Å². The van der Waals surface area contributed by atoms with Gasteiger partial charge in [-0.1, -0.05) is 30.3 Å². The summed E-state index contributed by atoms with van der Waals surface area (Å²) in [6.45, 7) is 0. The van der Waals surface area contributed by atoms with Gasteiger partial charge in [-0.2, -0.15) is 13.2 Å². The van der Waals surface area contributed by atoms with Crippen LogP contribution in [0.15, 0.2) is 48.7 Å². The molecule has 2 rings (SSSR count). The molecule has 4 nitrogen and oxygen atoms in total. The van der Waals surface area contributed by atoms with Crippen molar-refractivity contribution in [2.24, 2.45) is 0 Å². The Balaban J connectivity index is 2.24. The maximum Gasteiger partial charge on any atom is 0.417 e. The summed E-state index contributed by atoms with van der Waals surface area (Å²) < 4.78 is 60.8. The lowest BCUT2D eigenvalue weighted by atomic mass is 10.1. The smallest absolute Gasteiger partial charge is 0.362 e. The van der Waals surface area contributed by atoms with Crippen LogP contribution in [0.2, 0.25) is 0 Å². The monoisotopic (exact) mass is 344 g/mol. The summed E-state index contributed by atoms with van der Waals surface area (Å²) in [7, 11) is -3.29. The summed E-state index contributed by atoms with van der Waals surface area (Å²) in [6, 6.07) is 10.3. The predicted octanol–water partition coefficient (Wildman–Crippen LogP) is 3.30. The fraction of sp³-hybridized carbons (Fsp3) is 0.267. The number of sulfone groups is 1. The molecule has 1 atom stereocenters. The average Bonchev–Trinajstić information content (AvgIpc) is 2.46. The number of halogens is 3. The quantitative estimate of drug-likeness (QED) is 0.904. The standard InChI is InChI=1S/C15H15F3N2O2S/c1-23(21,22)10-13(11-5-3-2-4-6-11)20-14-8-7-12(9-19-14)15(16,17)18/h2-9,13H,10H2,1H3,(H,19,20)/t13-/m1/s1. The highest BCUT2D eigenvalue weighted by atomic mass is 32.2. The van der Waals surface area contributed by atoms with Gasteiger partial charge in [0.05, 0.1) is 17.4 Å². The zero-order valence-electron chi connectivity index (χ0n) is 12.2. The lowest BCUT2D eigenvalue weighted by Gasteiger charge is -2.19. The molecule has 23 heavy (non-hydrogen) atoms. The van der Waals surface area contributed by atoms with Crippen molar-refractivity contribution in [1.82, 2.24) is 4.98 Å². The zero-order chi connectivity index (χ0) is 17.1. The van der Waals surface area contributed by atoms with Crippen LogP contribution in [0.25, 0.3) is 0 Å². The molecule has 0 spiro atoms. The van der Waals surface area contributed by atoms with E-state index >= 15 is 0 Å². The number of rotatable bonds is 5. The van der Waals surface area contributed by atoms with Gasteiger partial charge < -0.3 is 5.32 Å². The van der Waals surface area contributed by atoms with E-state index in [1.165, 1.54) is 6.07 Å². The molecular weight excluding hydrogens is 329 g/mol. The Hall–Kier alpha value is -2.09. The molecule has 0 bridgehead atoms. The molecule has 0 amide bonds. The maximum absolute atomic E-state index is 12.5. The maximum atomic E-state index is 12.5. The molecular formula is C15H15F3N2O2S. The van der Waals surface area contributed by atoms with Gasteiger partial charge in [-0.3, -0.25) is 0 Å². The van der Waals surface area contributed by atoms with Crippen molar-refractivity contribution in [1.29, 1.82) is 0 Å². The molecule has 1 N–H and O–H groups in total. The van der Waals surface area contributed by atoms with Gasteiger partial charge in [-0.15, -0.1) is 0 Å². The molecule has 0 saturated carbocycles. The first-order valence-electron chi connectivity index (χ1n) is 6.67. The molecule has 0 saturated heterocycles. The molecule has 0 radical (unpaired) electrons. The van der Waals surface area contributed by atoms with E-state index in [0.29, 0.717) is 11.8 Å². The van der Waals surface area contributed by atoms with Gasteiger partial charge in [-0.25, -0.2) is 13.4 Å². The number of hydrogen-bond acceptors (Lipinski definition) is 4. The summed E-state index contributed by atoms with van der Waals surface area (Å²) in [6.07, 6.45) is -2.65. The fourth-order valence-corrected chi connectivity index (χ4v) is 2.92. The van der Waals surface area contributed by atoms with Crippen LogP contribution in [0.5, 0.6) is 0 Å². The number of hydrogen-bond donors (Lipinski definition) is 1. The molecule has 8 heteroatoms. The second-order valence-corrected chi connectivity index (χ2v) is 7.31. The molecule has 2 aromatic rings. The van der Waals surface area contributed by atoms with Crippen LogP contribution in [0.1, 0.15) is 17.2 Å². The SMILES string of the molecule is CS(=O)(=O)C[C@@H](Nc1ccc(C(F)(F)F)cn1)c1ccccc1. The van der Waals surface area contributed by atoms with E-state index in [-0.39, 0.29) is 11.6 Å². The van der Waals surface area contributed by atoms with Gasteiger partial charge in [0.2, 0.25) is 0 Å². The van der Waals surface area contributed by atoms with Gasteiger partial charge in [0.25, 0.3) is 0 Å². The molecule has 1 aromatic carbocycles. The lowest BCUT2D eigenvalue weighted by molar-refractivity contribution is -0.137. The van der Waals surface area contributed by atoms with E-state index in [1.54, 1.807) is 30.3 Å². The Bertz CT molecular complexity index is 745. The summed E-state index contributed by atoms with van der Waals surface area (Å²) in [5.74, 6) is -0.0183. The first-order chi connectivity index (χ1) is 10.6. The van der Waals surface area contributed by atoms with E-state index in [9.17, 15) is 21.6 Å². The summed E-state index contributed by atoms with van der Waals surface area (Å²) in [5.41, 5.74) is -0.151. The van der Waals surface area contributed by atoms with Gasteiger partial charge in [0.15, 0.2) is 0 Å². The van der Waals surface area contributed by atoms with Crippen LogP contribution >= 0.6 is 0 Å². The van der Waals surface area contributed by atoms with Crippen molar-refractivity contribution in [3.05, 3.63) is 59.8 Å². The van der Waals surface area contributed by atoms with Gasteiger partial charge in [0, 0.05) is 12.5 Å². The number of alkyl halides is 3. The third-order valence-corrected chi connectivity index (χ3v) is 4.02. The normalized spacial score (nSPS) is 13.6. The molecule has 0 fully saturated rings. The Morgan fingerprint density at radius 2 is 1.78 bits per heavy atom. The highest BCUT2D eigenvalue weighted by Gasteiger charge is 2.30. The van der Waals surface area contributed by atoms with E-state index in [1.807, 2.05) is 0 Å². The average molecular weight is 344 g/mol. The number of pyridine rings is 1. The van der Waals surface area contributed by atoms with Gasteiger partial charge in [-0.05, 0) is 17.7 Å². The number of nitrogens with one attached hydrogen (secondary N) is 1. The number of benzene rings is 1. The predicted molar refractivity (Wildman–Crippen MR) is 81.8 cm³/mol. The highest BCUT2D eigenvalue weighted by molar-refractivity contribution is 7.90. The molecule has 0 aliphatic heterocycles. The van der Waals surface area contributed by atoms with Gasteiger partial charge >= 0.3 is 6.18 Å². The first-order valence-corrected chi connectivity index (χ1v) is 8.74. The van der Waals surface area contributed by atoms with Crippen molar-refractivity contribution in [3.63, 3.8) is 0 Å². The molecule has 0 aliphatic rings. The fourth-order valence-electron chi connectivity index (χ4n) is 2.03. The van der Waals surface area contributed by atoms with E-state index in [2.05, 4.69) is 10.3 Å². The van der Waals surface area contributed by atoms with Crippen LogP contribution in [0.3, 0.4) is 0 Å². The topological polar surface area (TPSA) is 59.1 Å². The van der Waals surface area contributed by atoms with Crippen molar-refractivity contribution in [3.8, 4) is 0 Å². The van der Waals surface area contributed by atoms with E-state index in [4.69, 9.17) is 0 Å². The minimum absolute atomic E-state index is 0.176. The first kappa shape index (κ1) is 17.3. The number of aromatic nitrogens is 1. The van der Waals surface area contributed by atoms with Crippen LogP contribution in [-0.2, 0) is 16.0 Å². The van der Waals surface area contributed by atoms with E-state index in [0.717, 1.165) is 12.3 Å².